The maximum Gasteiger partial charge on any atom is 0.242 e. The summed E-state index contributed by atoms with van der Waals surface area (Å²) in [6.45, 7) is 2.33. The van der Waals surface area contributed by atoms with Gasteiger partial charge >= 0.3 is 0 Å². The van der Waals surface area contributed by atoms with Crippen molar-refractivity contribution < 1.29 is 13.2 Å². The van der Waals surface area contributed by atoms with Crippen molar-refractivity contribution in [1.29, 1.82) is 0 Å². The molecule has 0 radical (unpaired) electrons. The zero-order valence-electron chi connectivity index (χ0n) is 14.4. The summed E-state index contributed by atoms with van der Waals surface area (Å²) in [5, 5.41) is 0.499. The second-order valence-corrected chi connectivity index (χ2v) is 8.38. The van der Waals surface area contributed by atoms with Crippen LogP contribution in [0.3, 0.4) is 0 Å². The maximum absolute atomic E-state index is 12.5. The minimum absolute atomic E-state index is 0.136. The first-order chi connectivity index (χ1) is 11.8. The van der Waals surface area contributed by atoms with Crippen molar-refractivity contribution in [1.82, 2.24) is 4.31 Å². The van der Waals surface area contributed by atoms with Crippen LogP contribution in [-0.4, -0.2) is 32.1 Å². The number of carbonyl (C=O) groups excluding carboxylic acids is 1. The molecule has 2 rings (SSSR count). The van der Waals surface area contributed by atoms with E-state index in [1.165, 1.54) is 16.4 Å². The van der Waals surface area contributed by atoms with Gasteiger partial charge in [-0.15, -0.1) is 0 Å². The summed E-state index contributed by atoms with van der Waals surface area (Å²) in [6, 6.07) is 13.5. The van der Waals surface area contributed by atoms with Gasteiger partial charge in [0.25, 0.3) is 0 Å². The largest absolute Gasteiger partial charge is 0.294 e. The van der Waals surface area contributed by atoms with Gasteiger partial charge in [-0.2, -0.15) is 0 Å². The Morgan fingerprint density at radius 1 is 1.04 bits per heavy atom. The van der Waals surface area contributed by atoms with Gasteiger partial charge in [-0.05, 0) is 42.7 Å². The van der Waals surface area contributed by atoms with Crippen LogP contribution in [0.5, 0.6) is 0 Å². The Hall–Kier alpha value is -1.69. The van der Waals surface area contributed by atoms with E-state index < -0.39 is 10.0 Å². The number of likely N-dealkylation sites (N-methyl/N-ethyl adjacent to an activating group) is 1. The fourth-order valence-corrected chi connectivity index (χ4v) is 3.72. The minimum atomic E-state index is -3.53. The standard InChI is InChI=1S/C19H22ClNO3S/c1-3-4-19(22)16-7-5-15(6-8-16)13-14-21(2)25(23,24)18-11-9-17(20)10-12-18/h5-12H,3-4,13-14H2,1-2H3. The lowest BCUT2D eigenvalue weighted by atomic mass is 10.0. The van der Waals surface area contributed by atoms with E-state index in [2.05, 4.69) is 0 Å². The zero-order chi connectivity index (χ0) is 18.4. The van der Waals surface area contributed by atoms with Gasteiger partial charge in [0.2, 0.25) is 10.0 Å². The molecule has 25 heavy (non-hydrogen) atoms. The molecule has 0 aliphatic rings. The van der Waals surface area contributed by atoms with Gasteiger partial charge in [-0.1, -0.05) is 42.8 Å². The predicted molar refractivity (Wildman–Crippen MR) is 101 cm³/mol. The highest BCUT2D eigenvalue weighted by molar-refractivity contribution is 7.89. The number of rotatable bonds is 8. The van der Waals surface area contributed by atoms with Gasteiger partial charge in [0.15, 0.2) is 5.78 Å². The lowest BCUT2D eigenvalue weighted by Gasteiger charge is -2.17. The molecule has 0 aliphatic heterocycles. The van der Waals surface area contributed by atoms with Gasteiger partial charge in [0, 0.05) is 30.6 Å². The quantitative estimate of drug-likeness (QED) is 0.646. The molecular formula is C19H22ClNO3S. The van der Waals surface area contributed by atoms with Crippen molar-refractivity contribution in [3.05, 3.63) is 64.7 Å². The van der Waals surface area contributed by atoms with Crippen molar-refractivity contribution in [2.24, 2.45) is 0 Å². The molecule has 0 unspecified atom stereocenters. The third kappa shape index (κ3) is 5.14. The van der Waals surface area contributed by atoms with Gasteiger partial charge in [-0.25, -0.2) is 12.7 Å². The molecule has 0 saturated carbocycles. The van der Waals surface area contributed by atoms with Crippen LogP contribution in [0.4, 0.5) is 0 Å². The molecular weight excluding hydrogens is 358 g/mol. The van der Waals surface area contributed by atoms with Crippen molar-refractivity contribution in [3.8, 4) is 0 Å². The number of nitrogens with zero attached hydrogens (tertiary/aromatic N) is 1. The number of hydrogen-bond donors (Lipinski definition) is 0. The Morgan fingerprint density at radius 2 is 1.64 bits per heavy atom. The van der Waals surface area contributed by atoms with Gasteiger partial charge < -0.3 is 0 Å². The summed E-state index contributed by atoms with van der Waals surface area (Å²) in [5.41, 5.74) is 1.69. The Kier molecular flexibility index (Phi) is 6.76. The molecule has 0 aromatic heterocycles. The summed E-state index contributed by atoms with van der Waals surface area (Å²) in [6.07, 6.45) is 1.95. The maximum atomic E-state index is 12.5. The SMILES string of the molecule is CCCC(=O)c1ccc(CCN(C)S(=O)(=O)c2ccc(Cl)cc2)cc1. The fraction of sp³-hybridized carbons (Fsp3) is 0.316. The Bertz CT molecular complexity index is 815. The molecule has 0 spiro atoms. The highest BCUT2D eigenvalue weighted by Gasteiger charge is 2.20. The van der Waals surface area contributed by atoms with Crippen LogP contribution in [0.2, 0.25) is 5.02 Å². The lowest BCUT2D eigenvalue weighted by molar-refractivity contribution is 0.0981. The van der Waals surface area contributed by atoms with E-state index in [4.69, 9.17) is 11.6 Å². The Balaban J connectivity index is 2.00. The highest BCUT2D eigenvalue weighted by Crippen LogP contribution is 2.18. The first kappa shape index (κ1) is 19.6. The van der Waals surface area contributed by atoms with E-state index >= 15 is 0 Å². The molecule has 2 aromatic carbocycles. The average molecular weight is 380 g/mol. The van der Waals surface area contributed by atoms with E-state index in [-0.39, 0.29) is 10.7 Å². The molecule has 0 bridgehead atoms. The topological polar surface area (TPSA) is 54.5 Å². The monoisotopic (exact) mass is 379 g/mol. The Labute approximate surface area is 154 Å². The molecule has 0 fully saturated rings. The van der Waals surface area contributed by atoms with Gasteiger partial charge in [-0.3, -0.25) is 4.79 Å². The molecule has 0 heterocycles. The number of ketones is 1. The number of benzene rings is 2. The van der Waals surface area contributed by atoms with Crippen LogP contribution in [0.15, 0.2) is 53.4 Å². The molecule has 0 amide bonds. The van der Waals surface area contributed by atoms with Crippen molar-refractivity contribution >= 4 is 27.4 Å². The summed E-state index contributed by atoms with van der Waals surface area (Å²) < 4.78 is 26.4. The van der Waals surface area contributed by atoms with Crippen LogP contribution < -0.4 is 0 Å². The average Bonchev–Trinajstić information content (AvgIpc) is 2.60. The van der Waals surface area contributed by atoms with Crippen LogP contribution >= 0.6 is 11.6 Å². The molecule has 4 nitrogen and oxygen atoms in total. The number of Topliss-reactive ketones (excluding diaryl/α,β-unsaturated/α-hetero) is 1. The van der Waals surface area contributed by atoms with Crippen LogP contribution in [0, 0.1) is 0 Å². The van der Waals surface area contributed by atoms with E-state index in [0.717, 1.165) is 12.0 Å². The number of halogens is 1. The third-order valence-electron chi connectivity index (χ3n) is 3.99. The van der Waals surface area contributed by atoms with E-state index in [0.29, 0.717) is 30.0 Å². The minimum Gasteiger partial charge on any atom is -0.294 e. The van der Waals surface area contributed by atoms with E-state index in [1.54, 1.807) is 31.3 Å². The third-order valence-corrected chi connectivity index (χ3v) is 6.11. The lowest BCUT2D eigenvalue weighted by Crippen LogP contribution is -2.29. The van der Waals surface area contributed by atoms with Crippen molar-refractivity contribution in [3.63, 3.8) is 0 Å². The molecule has 134 valence electrons. The number of hydrogen-bond acceptors (Lipinski definition) is 3. The van der Waals surface area contributed by atoms with Crippen LogP contribution in [0.1, 0.15) is 35.7 Å². The summed E-state index contributed by atoms with van der Waals surface area (Å²) >= 11 is 5.80. The summed E-state index contributed by atoms with van der Waals surface area (Å²) in [7, 11) is -1.98. The molecule has 0 aliphatic carbocycles. The smallest absolute Gasteiger partial charge is 0.242 e. The Morgan fingerprint density at radius 3 is 2.20 bits per heavy atom. The second kappa shape index (κ2) is 8.61. The van der Waals surface area contributed by atoms with Crippen molar-refractivity contribution in [2.45, 2.75) is 31.1 Å². The first-order valence-corrected chi connectivity index (χ1v) is 10.0. The summed E-state index contributed by atoms with van der Waals surface area (Å²) in [4.78, 5) is 12.1. The number of sulfonamides is 1. The summed E-state index contributed by atoms with van der Waals surface area (Å²) in [5.74, 6) is 0.136. The van der Waals surface area contributed by atoms with E-state index in [9.17, 15) is 13.2 Å². The van der Waals surface area contributed by atoms with Gasteiger partial charge in [0.1, 0.15) is 0 Å². The van der Waals surface area contributed by atoms with Crippen molar-refractivity contribution in [2.75, 3.05) is 13.6 Å². The molecule has 0 saturated heterocycles. The van der Waals surface area contributed by atoms with Crippen LogP contribution in [0.25, 0.3) is 0 Å². The molecule has 6 heteroatoms. The zero-order valence-corrected chi connectivity index (χ0v) is 16.0. The number of carbonyl (C=O) groups is 1. The molecule has 2 aromatic rings. The highest BCUT2D eigenvalue weighted by atomic mass is 35.5. The first-order valence-electron chi connectivity index (χ1n) is 8.18. The van der Waals surface area contributed by atoms with Gasteiger partial charge in [0.05, 0.1) is 4.90 Å². The molecule has 0 atom stereocenters. The van der Waals surface area contributed by atoms with E-state index in [1.807, 2.05) is 19.1 Å². The molecule has 0 N–H and O–H groups in total. The fourth-order valence-electron chi connectivity index (χ4n) is 2.42. The van der Waals surface area contributed by atoms with Crippen LogP contribution in [-0.2, 0) is 16.4 Å². The predicted octanol–water partition coefficient (Wildman–Crippen LogP) is 4.19. The normalized spacial score (nSPS) is 11.7. The second-order valence-electron chi connectivity index (χ2n) is 5.90.